The highest BCUT2D eigenvalue weighted by molar-refractivity contribution is 9.10. The van der Waals surface area contributed by atoms with E-state index in [-0.39, 0.29) is 6.10 Å². The lowest BCUT2D eigenvalue weighted by molar-refractivity contribution is 0.148. The summed E-state index contributed by atoms with van der Waals surface area (Å²) in [4.78, 5) is 0. The van der Waals surface area contributed by atoms with Gasteiger partial charge in [-0.3, -0.25) is 0 Å². The third kappa shape index (κ3) is 3.39. The first-order valence-electron chi connectivity index (χ1n) is 7.12. The molecular formula is C17H18BrNO2. The highest BCUT2D eigenvalue weighted by Crippen LogP contribution is 2.29. The van der Waals surface area contributed by atoms with Crippen molar-refractivity contribution in [2.75, 3.05) is 13.2 Å². The Hall–Kier alpha value is -1.52. The number of benzene rings is 2. The van der Waals surface area contributed by atoms with Crippen molar-refractivity contribution < 1.29 is 9.47 Å². The van der Waals surface area contributed by atoms with Gasteiger partial charge in [0, 0.05) is 10.9 Å². The van der Waals surface area contributed by atoms with E-state index in [1.165, 1.54) is 5.56 Å². The molecule has 2 aromatic rings. The van der Waals surface area contributed by atoms with Crippen LogP contribution in [0.25, 0.3) is 0 Å². The minimum Gasteiger partial charge on any atom is -0.489 e. The fraction of sp³-hybridized carbons (Fsp3) is 0.294. The van der Waals surface area contributed by atoms with Gasteiger partial charge < -0.3 is 15.2 Å². The minimum absolute atomic E-state index is 0.0803. The summed E-state index contributed by atoms with van der Waals surface area (Å²) in [6.45, 7) is 1.16. The molecule has 0 fully saturated rings. The summed E-state index contributed by atoms with van der Waals surface area (Å²) in [5.41, 5.74) is 8.04. The Morgan fingerprint density at radius 1 is 1.24 bits per heavy atom. The second-order valence-corrected chi connectivity index (χ2v) is 6.07. The van der Waals surface area contributed by atoms with E-state index < -0.39 is 0 Å². The third-order valence-corrected chi connectivity index (χ3v) is 4.07. The molecule has 1 aliphatic heterocycles. The third-order valence-electron chi connectivity index (χ3n) is 3.57. The molecule has 3 nitrogen and oxygen atoms in total. The van der Waals surface area contributed by atoms with Crippen LogP contribution in [-0.2, 0) is 12.8 Å². The number of hydrogen-bond donors (Lipinski definition) is 1. The van der Waals surface area contributed by atoms with E-state index in [1.54, 1.807) is 0 Å². The molecule has 21 heavy (non-hydrogen) atoms. The van der Waals surface area contributed by atoms with Gasteiger partial charge in [0.05, 0.1) is 0 Å². The van der Waals surface area contributed by atoms with Crippen LogP contribution in [0.3, 0.4) is 0 Å². The van der Waals surface area contributed by atoms with Gasteiger partial charge in [-0.05, 0) is 48.4 Å². The average Bonchev–Trinajstić information content (AvgIpc) is 2.89. The molecule has 0 bridgehead atoms. The predicted octanol–water partition coefficient (Wildman–Crippen LogP) is 3.33. The predicted molar refractivity (Wildman–Crippen MR) is 87.0 cm³/mol. The number of rotatable bonds is 5. The molecule has 110 valence electrons. The van der Waals surface area contributed by atoms with Crippen LogP contribution in [0, 0.1) is 0 Å². The largest absolute Gasteiger partial charge is 0.489 e. The normalized spacial score (nSPS) is 16.4. The standard InChI is InChI=1S/C17H18BrNO2/c18-14-5-6-16(13(9-14)7-8-19)20-11-15-10-12-3-1-2-4-17(12)21-15/h1-6,9,15H,7-8,10-11,19H2. The number of fused-ring (bicyclic) bond motifs is 1. The van der Waals surface area contributed by atoms with Crippen molar-refractivity contribution in [3.63, 3.8) is 0 Å². The van der Waals surface area contributed by atoms with E-state index in [0.717, 1.165) is 34.4 Å². The molecule has 2 N–H and O–H groups in total. The first-order valence-corrected chi connectivity index (χ1v) is 7.91. The molecule has 0 amide bonds. The Kier molecular flexibility index (Phi) is 4.46. The molecule has 0 spiro atoms. The van der Waals surface area contributed by atoms with Crippen molar-refractivity contribution in [2.45, 2.75) is 18.9 Å². The maximum Gasteiger partial charge on any atom is 0.137 e. The van der Waals surface area contributed by atoms with Gasteiger partial charge in [-0.2, -0.15) is 0 Å². The Balaban J connectivity index is 1.64. The molecule has 0 aliphatic carbocycles. The summed E-state index contributed by atoms with van der Waals surface area (Å²) in [6, 6.07) is 14.2. The summed E-state index contributed by atoms with van der Waals surface area (Å²) < 4.78 is 12.9. The van der Waals surface area contributed by atoms with Gasteiger partial charge in [0.2, 0.25) is 0 Å². The molecule has 0 saturated heterocycles. The fourth-order valence-electron chi connectivity index (χ4n) is 2.57. The van der Waals surface area contributed by atoms with Crippen LogP contribution in [-0.4, -0.2) is 19.3 Å². The van der Waals surface area contributed by atoms with E-state index in [4.69, 9.17) is 15.2 Å². The van der Waals surface area contributed by atoms with Crippen molar-refractivity contribution in [2.24, 2.45) is 5.73 Å². The van der Waals surface area contributed by atoms with E-state index in [9.17, 15) is 0 Å². The molecule has 4 heteroatoms. The highest BCUT2D eigenvalue weighted by Gasteiger charge is 2.23. The van der Waals surface area contributed by atoms with Crippen molar-refractivity contribution in [1.82, 2.24) is 0 Å². The Labute approximate surface area is 133 Å². The second-order valence-electron chi connectivity index (χ2n) is 5.15. The van der Waals surface area contributed by atoms with Gasteiger partial charge in [0.15, 0.2) is 0 Å². The van der Waals surface area contributed by atoms with Gasteiger partial charge in [0.1, 0.15) is 24.2 Å². The molecular weight excluding hydrogens is 330 g/mol. The van der Waals surface area contributed by atoms with Crippen LogP contribution in [0.4, 0.5) is 0 Å². The first-order chi connectivity index (χ1) is 10.3. The summed E-state index contributed by atoms with van der Waals surface area (Å²) in [5, 5.41) is 0. The van der Waals surface area contributed by atoms with Gasteiger partial charge in [-0.1, -0.05) is 34.1 Å². The van der Waals surface area contributed by atoms with Gasteiger partial charge in [-0.25, -0.2) is 0 Å². The number of para-hydroxylation sites is 1. The number of hydrogen-bond acceptors (Lipinski definition) is 3. The molecule has 1 aliphatic rings. The van der Waals surface area contributed by atoms with Crippen molar-refractivity contribution >= 4 is 15.9 Å². The fourth-order valence-corrected chi connectivity index (χ4v) is 2.98. The summed E-state index contributed by atoms with van der Waals surface area (Å²) >= 11 is 3.48. The van der Waals surface area contributed by atoms with Gasteiger partial charge >= 0.3 is 0 Å². The summed E-state index contributed by atoms with van der Waals surface area (Å²) in [5.74, 6) is 1.87. The van der Waals surface area contributed by atoms with E-state index >= 15 is 0 Å². The monoisotopic (exact) mass is 347 g/mol. The van der Waals surface area contributed by atoms with Crippen molar-refractivity contribution in [1.29, 1.82) is 0 Å². The molecule has 0 aromatic heterocycles. The summed E-state index contributed by atoms with van der Waals surface area (Å²) in [7, 11) is 0. The van der Waals surface area contributed by atoms with Crippen LogP contribution in [0.2, 0.25) is 0 Å². The molecule has 2 aromatic carbocycles. The quantitative estimate of drug-likeness (QED) is 0.902. The van der Waals surface area contributed by atoms with Gasteiger partial charge in [-0.15, -0.1) is 0 Å². The molecule has 1 heterocycles. The zero-order valence-corrected chi connectivity index (χ0v) is 13.3. The van der Waals surface area contributed by atoms with Crippen molar-refractivity contribution in [3.8, 4) is 11.5 Å². The smallest absolute Gasteiger partial charge is 0.137 e. The number of nitrogens with two attached hydrogens (primary N) is 1. The lowest BCUT2D eigenvalue weighted by Crippen LogP contribution is -2.22. The van der Waals surface area contributed by atoms with Crippen LogP contribution in [0.1, 0.15) is 11.1 Å². The lowest BCUT2D eigenvalue weighted by Gasteiger charge is -2.15. The van der Waals surface area contributed by atoms with E-state index in [1.807, 2.05) is 30.3 Å². The molecule has 3 rings (SSSR count). The Bertz CT molecular complexity index is 605. The first kappa shape index (κ1) is 14.4. The highest BCUT2D eigenvalue weighted by atomic mass is 79.9. The SMILES string of the molecule is NCCc1cc(Br)ccc1OCC1Cc2ccccc2O1. The second kappa shape index (κ2) is 6.50. The van der Waals surface area contributed by atoms with Crippen LogP contribution >= 0.6 is 15.9 Å². The summed E-state index contributed by atoms with van der Waals surface area (Å²) in [6.07, 6.45) is 1.79. The Morgan fingerprint density at radius 2 is 2.10 bits per heavy atom. The number of ether oxygens (including phenoxy) is 2. The zero-order chi connectivity index (χ0) is 14.7. The maximum atomic E-state index is 5.96. The molecule has 0 saturated carbocycles. The molecule has 1 atom stereocenters. The lowest BCUT2D eigenvalue weighted by atomic mass is 10.1. The maximum absolute atomic E-state index is 5.96. The van der Waals surface area contributed by atoms with Crippen molar-refractivity contribution in [3.05, 3.63) is 58.1 Å². The zero-order valence-electron chi connectivity index (χ0n) is 11.7. The minimum atomic E-state index is 0.0803. The average molecular weight is 348 g/mol. The van der Waals surface area contributed by atoms with E-state index in [2.05, 4.69) is 28.1 Å². The van der Waals surface area contributed by atoms with Gasteiger partial charge in [0.25, 0.3) is 0 Å². The Morgan fingerprint density at radius 3 is 2.90 bits per heavy atom. The van der Waals surface area contributed by atoms with E-state index in [0.29, 0.717) is 13.2 Å². The van der Waals surface area contributed by atoms with Crippen LogP contribution in [0.15, 0.2) is 46.9 Å². The topological polar surface area (TPSA) is 44.5 Å². The molecule has 0 radical (unpaired) electrons. The van der Waals surface area contributed by atoms with Crippen LogP contribution in [0.5, 0.6) is 11.5 Å². The number of halogens is 1. The molecule has 1 unspecified atom stereocenters. The van der Waals surface area contributed by atoms with Crippen LogP contribution < -0.4 is 15.2 Å².